The fourth-order valence-corrected chi connectivity index (χ4v) is 5.20. The van der Waals surface area contributed by atoms with Crippen LogP contribution in [-0.2, 0) is 0 Å². The predicted octanol–water partition coefficient (Wildman–Crippen LogP) is 3.91. The van der Waals surface area contributed by atoms with Gasteiger partial charge in [-0.15, -0.1) is 11.8 Å². The summed E-state index contributed by atoms with van der Waals surface area (Å²) in [7, 11) is 0. The molecule has 2 aliphatic rings. The van der Waals surface area contributed by atoms with Crippen LogP contribution in [0.15, 0.2) is 66.0 Å². The lowest BCUT2D eigenvalue weighted by Gasteiger charge is -2.34. The molecule has 5 rings (SSSR count). The van der Waals surface area contributed by atoms with E-state index in [9.17, 15) is 5.11 Å². The van der Waals surface area contributed by atoms with Crippen molar-refractivity contribution < 1.29 is 5.11 Å². The van der Waals surface area contributed by atoms with E-state index in [1.165, 1.54) is 16.0 Å². The molecule has 23 heavy (non-hydrogen) atoms. The van der Waals surface area contributed by atoms with Gasteiger partial charge in [0.05, 0.1) is 30.4 Å². The van der Waals surface area contributed by atoms with Crippen molar-refractivity contribution in [3.63, 3.8) is 0 Å². The zero-order chi connectivity index (χ0) is 15.4. The quantitative estimate of drug-likeness (QED) is 0.739. The molecule has 2 aromatic carbocycles. The normalized spacial score (nSPS) is 24.8. The minimum atomic E-state index is -0.446. The highest BCUT2D eigenvalue weighted by Crippen LogP contribution is 2.50. The largest absolute Gasteiger partial charge is 0.388 e. The fourth-order valence-electron chi connectivity index (χ4n) is 3.94. The van der Waals surface area contributed by atoms with Gasteiger partial charge in [-0.05, 0) is 17.2 Å². The maximum atomic E-state index is 11.0. The van der Waals surface area contributed by atoms with Crippen molar-refractivity contribution in [1.29, 1.82) is 0 Å². The molecule has 3 unspecified atom stereocenters. The molecule has 114 valence electrons. The average Bonchev–Trinajstić information content (AvgIpc) is 3.17. The molecule has 0 amide bonds. The SMILES string of the molecule is OC1c2ccccc2SCC1C1c2ccccc2-c2cncn21. The van der Waals surface area contributed by atoms with Gasteiger partial charge in [-0.1, -0.05) is 42.5 Å². The number of benzene rings is 2. The smallest absolute Gasteiger partial charge is 0.0956 e. The Morgan fingerprint density at radius 2 is 1.83 bits per heavy atom. The standard InChI is InChI=1S/C19H16N2OS/c22-19-14-7-3-4-8-17(14)23-10-15(19)18-13-6-2-1-5-12(13)16-9-20-11-21(16)18/h1-9,11,15,18-19,22H,10H2. The Hall–Kier alpha value is -2.04. The molecular formula is C19H16N2OS. The van der Waals surface area contributed by atoms with Crippen molar-refractivity contribution in [3.8, 4) is 11.3 Å². The summed E-state index contributed by atoms with van der Waals surface area (Å²) in [5.41, 5.74) is 4.75. The number of hydrogen-bond donors (Lipinski definition) is 1. The number of thioether (sulfide) groups is 1. The zero-order valence-corrected chi connectivity index (χ0v) is 13.3. The number of imidazole rings is 1. The van der Waals surface area contributed by atoms with Crippen LogP contribution in [0.5, 0.6) is 0 Å². The second-order valence-corrected chi connectivity index (χ2v) is 7.24. The number of fused-ring (bicyclic) bond motifs is 4. The molecule has 0 saturated heterocycles. The van der Waals surface area contributed by atoms with Crippen molar-refractivity contribution in [2.24, 2.45) is 5.92 Å². The lowest BCUT2D eigenvalue weighted by molar-refractivity contribution is 0.0944. The van der Waals surface area contributed by atoms with Gasteiger partial charge in [-0.25, -0.2) is 4.98 Å². The zero-order valence-electron chi connectivity index (χ0n) is 12.5. The molecule has 2 aliphatic heterocycles. The van der Waals surface area contributed by atoms with Crippen LogP contribution in [0.1, 0.15) is 23.3 Å². The summed E-state index contributed by atoms with van der Waals surface area (Å²) in [6, 6.07) is 16.8. The van der Waals surface area contributed by atoms with Gasteiger partial charge in [0, 0.05) is 22.1 Å². The molecule has 0 saturated carbocycles. The average molecular weight is 320 g/mol. The fraction of sp³-hybridized carbons (Fsp3) is 0.211. The number of hydrogen-bond acceptors (Lipinski definition) is 3. The van der Waals surface area contributed by atoms with Crippen LogP contribution in [0.3, 0.4) is 0 Å². The Balaban J connectivity index is 1.64. The summed E-state index contributed by atoms with van der Waals surface area (Å²) in [5.74, 6) is 1.06. The Labute approximate surface area is 139 Å². The van der Waals surface area contributed by atoms with E-state index in [1.54, 1.807) is 0 Å². The molecule has 3 nitrogen and oxygen atoms in total. The summed E-state index contributed by atoms with van der Waals surface area (Å²) in [6.45, 7) is 0. The van der Waals surface area contributed by atoms with E-state index in [0.717, 1.165) is 17.0 Å². The molecule has 3 aromatic rings. The maximum absolute atomic E-state index is 11.0. The van der Waals surface area contributed by atoms with Gasteiger partial charge in [0.2, 0.25) is 0 Å². The Morgan fingerprint density at radius 3 is 2.74 bits per heavy atom. The van der Waals surface area contributed by atoms with Crippen molar-refractivity contribution in [3.05, 3.63) is 72.2 Å². The second kappa shape index (κ2) is 4.98. The molecule has 0 spiro atoms. The van der Waals surface area contributed by atoms with Gasteiger partial charge < -0.3 is 9.67 Å². The lowest BCUT2D eigenvalue weighted by atomic mass is 9.86. The molecule has 1 aromatic heterocycles. The number of aliphatic hydroxyl groups excluding tert-OH is 1. The predicted molar refractivity (Wildman–Crippen MR) is 91.4 cm³/mol. The van der Waals surface area contributed by atoms with Crippen LogP contribution < -0.4 is 0 Å². The first kappa shape index (κ1) is 13.4. The second-order valence-electron chi connectivity index (χ2n) is 6.18. The third kappa shape index (κ3) is 1.85. The highest BCUT2D eigenvalue weighted by atomic mass is 32.2. The molecule has 3 heterocycles. The third-order valence-corrected chi connectivity index (χ3v) is 6.24. The number of nitrogens with zero attached hydrogens (tertiary/aromatic N) is 2. The van der Waals surface area contributed by atoms with E-state index in [-0.39, 0.29) is 12.0 Å². The highest BCUT2D eigenvalue weighted by molar-refractivity contribution is 7.99. The first-order valence-electron chi connectivity index (χ1n) is 7.85. The van der Waals surface area contributed by atoms with Crippen molar-refractivity contribution in [2.75, 3.05) is 5.75 Å². The van der Waals surface area contributed by atoms with E-state index in [0.29, 0.717) is 0 Å². The molecule has 0 bridgehead atoms. The topological polar surface area (TPSA) is 38.1 Å². The van der Waals surface area contributed by atoms with Gasteiger partial charge in [0.1, 0.15) is 0 Å². The van der Waals surface area contributed by atoms with E-state index < -0.39 is 6.10 Å². The molecule has 1 N–H and O–H groups in total. The van der Waals surface area contributed by atoms with Gasteiger partial charge >= 0.3 is 0 Å². The Morgan fingerprint density at radius 1 is 1.04 bits per heavy atom. The van der Waals surface area contributed by atoms with Crippen molar-refractivity contribution in [2.45, 2.75) is 17.0 Å². The van der Waals surface area contributed by atoms with Crippen LogP contribution in [0.4, 0.5) is 0 Å². The van der Waals surface area contributed by atoms with Crippen LogP contribution >= 0.6 is 11.8 Å². The highest BCUT2D eigenvalue weighted by Gasteiger charge is 2.40. The first-order valence-corrected chi connectivity index (χ1v) is 8.84. The first-order chi connectivity index (χ1) is 11.3. The summed E-state index contributed by atoms with van der Waals surface area (Å²) in [5, 5.41) is 11.0. The van der Waals surface area contributed by atoms with E-state index in [1.807, 2.05) is 36.4 Å². The van der Waals surface area contributed by atoms with Gasteiger partial charge in [0.25, 0.3) is 0 Å². The van der Waals surface area contributed by atoms with Crippen LogP contribution in [0, 0.1) is 5.92 Å². The monoisotopic (exact) mass is 320 g/mol. The summed E-state index contributed by atoms with van der Waals surface area (Å²) in [4.78, 5) is 5.53. The maximum Gasteiger partial charge on any atom is 0.0956 e. The van der Waals surface area contributed by atoms with Crippen molar-refractivity contribution in [1.82, 2.24) is 9.55 Å². The minimum Gasteiger partial charge on any atom is -0.388 e. The number of aliphatic hydroxyl groups is 1. The summed E-state index contributed by atoms with van der Waals surface area (Å²) >= 11 is 1.85. The lowest BCUT2D eigenvalue weighted by Crippen LogP contribution is -2.28. The molecule has 0 radical (unpaired) electrons. The number of aromatic nitrogens is 2. The van der Waals surface area contributed by atoms with E-state index >= 15 is 0 Å². The summed E-state index contributed by atoms with van der Waals surface area (Å²) in [6.07, 6.45) is 3.38. The molecular weight excluding hydrogens is 304 g/mol. The van der Waals surface area contributed by atoms with Gasteiger partial charge in [-0.3, -0.25) is 0 Å². The Kier molecular flexibility index (Phi) is 2.90. The van der Waals surface area contributed by atoms with Gasteiger partial charge in [0.15, 0.2) is 0 Å². The van der Waals surface area contributed by atoms with Gasteiger partial charge in [-0.2, -0.15) is 0 Å². The van der Waals surface area contributed by atoms with E-state index in [2.05, 4.69) is 45.9 Å². The van der Waals surface area contributed by atoms with Crippen LogP contribution in [0.2, 0.25) is 0 Å². The molecule has 0 aliphatic carbocycles. The van der Waals surface area contributed by atoms with Crippen LogP contribution in [0.25, 0.3) is 11.3 Å². The molecule has 4 heteroatoms. The third-order valence-electron chi connectivity index (χ3n) is 5.00. The molecule has 3 atom stereocenters. The van der Waals surface area contributed by atoms with E-state index in [4.69, 9.17) is 0 Å². The summed E-state index contributed by atoms with van der Waals surface area (Å²) < 4.78 is 2.23. The van der Waals surface area contributed by atoms with Crippen LogP contribution in [-0.4, -0.2) is 20.4 Å². The molecule has 0 fully saturated rings. The van der Waals surface area contributed by atoms with Crippen molar-refractivity contribution >= 4 is 11.8 Å². The Bertz CT molecular complexity index is 888. The minimum absolute atomic E-state index is 0.145. The number of rotatable bonds is 1.